The van der Waals surface area contributed by atoms with Crippen molar-refractivity contribution in [1.29, 1.82) is 0 Å². The molecule has 166 valence electrons. The molecular weight excluding hydrogens is 469 g/mol. The SMILES string of the molecule is Clc1ccc(-c2c3ncnc(NCc4nc5ccccc5[nH]4)c3nn2-c2ccccc2Cl)cc1. The number of halogens is 2. The van der Waals surface area contributed by atoms with Crippen molar-refractivity contribution in [2.75, 3.05) is 5.32 Å². The Bertz CT molecular complexity index is 1600. The zero-order chi connectivity index (χ0) is 23.1. The smallest absolute Gasteiger partial charge is 0.158 e. The van der Waals surface area contributed by atoms with Crippen LogP contribution in [0.3, 0.4) is 0 Å². The number of benzene rings is 3. The molecule has 0 unspecified atom stereocenters. The standard InChI is InChI=1S/C25H17Cl2N7/c26-16-11-9-15(10-12-16)24-22-23(33-34(24)20-8-4-1-5-17(20)27)25(30-14-29-22)28-13-21-31-18-6-2-3-7-19(18)32-21/h1-12,14H,13H2,(H,31,32)(H,28,29,30). The number of hydrogen-bond acceptors (Lipinski definition) is 5. The van der Waals surface area contributed by atoms with Crippen LogP contribution in [0.25, 0.3) is 39.0 Å². The van der Waals surface area contributed by atoms with E-state index >= 15 is 0 Å². The van der Waals surface area contributed by atoms with Crippen LogP contribution in [0.2, 0.25) is 10.0 Å². The van der Waals surface area contributed by atoms with Crippen LogP contribution in [-0.2, 0) is 6.54 Å². The first-order chi connectivity index (χ1) is 16.7. The van der Waals surface area contributed by atoms with Gasteiger partial charge in [-0.15, -0.1) is 0 Å². The van der Waals surface area contributed by atoms with Gasteiger partial charge in [-0.1, -0.05) is 59.6 Å². The maximum absolute atomic E-state index is 6.54. The molecule has 3 aromatic carbocycles. The van der Waals surface area contributed by atoms with Gasteiger partial charge < -0.3 is 10.3 Å². The van der Waals surface area contributed by atoms with Crippen LogP contribution in [0.4, 0.5) is 5.82 Å². The lowest BCUT2D eigenvalue weighted by Crippen LogP contribution is -2.04. The quantitative estimate of drug-likeness (QED) is 0.300. The molecule has 3 heterocycles. The molecule has 9 heteroatoms. The second kappa shape index (κ2) is 8.44. The first-order valence-corrected chi connectivity index (χ1v) is 11.3. The molecule has 7 nitrogen and oxygen atoms in total. The molecule has 34 heavy (non-hydrogen) atoms. The van der Waals surface area contributed by atoms with Gasteiger partial charge in [0.15, 0.2) is 11.3 Å². The Balaban J connectivity index is 1.47. The van der Waals surface area contributed by atoms with Crippen LogP contribution in [0.5, 0.6) is 0 Å². The highest BCUT2D eigenvalue weighted by Crippen LogP contribution is 2.34. The van der Waals surface area contributed by atoms with E-state index in [1.165, 1.54) is 6.33 Å². The van der Waals surface area contributed by atoms with Gasteiger partial charge in [0.05, 0.1) is 28.3 Å². The van der Waals surface area contributed by atoms with Crippen LogP contribution in [0.1, 0.15) is 5.82 Å². The fourth-order valence-electron chi connectivity index (χ4n) is 3.95. The van der Waals surface area contributed by atoms with Gasteiger partial charge >= 0.3 is 0 Å². The van der Waals surface area contributed by atoms with Crippen molar-refractivity contribution in [1.82, 2.24) is 29.7 Å². The van der Waals surface area contributed by atoms with Gasteiger partial charge in [0, 0.05) is 10.6 Å². The third-order valence-electron chi connectivity index (χ3n) is 5.52. The van der Waals surface area contributed by atoms with Crippen LogP contribution in [0.15, 0.2) is 79.1 Å². The van der Waals surface area contributed by atoms with E-state index < -0.39 is 0 Å². The van der Waals surface area contributed by atoms with Gasteiger partial charge in [0.1, 0.15) is 23.4 Å². The predicted octanol–water partition coefficient (Wildman–Crippen LogP) is 6.28. The maximum Gasteiger partial charge on any atom is 0.158 e. The number of hydrogen-bond donors (Lipinski definition) is 2. The van der Waals surface area contributed by atoms with E-state index in [1.807, 2.05) is 72.8 Å². The van der Waals surface area contributed by atoms with Crippen LogP contribution in [0, 0.1) is 0 Å². The fraction of sp³-hybridized carbons (Fsp3) is 0.0400. The van der Waals surface area contributed by atoms with Gasteiger partial charge in [-0.3, -0.25) is 0 Å². The third-order valence-corrected chi connectivity index (χ3v) is 6.09. The number of fused-ring (bicyclic) bond motifs is 2. The van der Waals surface area contributed by atoms with E-state index in [9.17, 15) is 0 Å². The Labute approximate surface area is 204 Å². The second-order valence-electron chi connectivity index (χ2n) is 7.69. The number of para-hydroxylation sites is 3. The van der Waals surface area contributed by atoms with Gasteiger partial charge in [0.25, 0.3) is 0 Å². The van der Waals surface area contributed by atoms with Gasteiger partial charge in [-0.2, -0.15) is 5.10 Å². The Morgan fingerprint density at radius 2 is 1.65 bits per heavy atom. The summed E-state index contributed by atoms with van der Waals surface area (Å²) in [4.78, 5) is 17.0. The summed E-state index contributed by atoms with van der Waals surface area (Å²) in [7, 11) is 0. The number of nitrogens with zero attached hydrogens (tertiary/aromatic N) is 5. The van der Waals surface area contributed by atoms with Crippen LogP contribution in [-0.4, -0.2) is 29.7 Å². The van der Waals surface area contributed by atoms with Gasteiger partial charge in [0.2, 0.25) is 0 Å². The molecule has 0 radical (unpaired) electrons. The van der Waals surface area contributed by atoms with Gasteiger partial charge in [-0.05, 0) is 36.4 Å². The maximum atomic E-state index is 6.54. The number of imidazole rings is 1. The molecule has 3 aromatic heterocycles. The van der Waals surface area contributed by atoms with E-state index in [0.717, 1.165) is 33.8 Å². The lowest BCUT2D eigenvalue weighted by molar-refractivity contribution is 0.902. The van der Waals surface area contributed by atoms with E-state index in [-0.39, 0.29) is 0 Å². The molecule has 6 aromatic rings. The van der Waals surface area contributed by atoms with Crippen molar-refractivity contribution < 1.29 is 0 Å². The van der Waals surface area contributed by atoms with E-state index in [2.05, 4.69) is 25.3 Å². The molecule has 0 amide bonds. The van der Waals surface area contributed by atoms with Crippen LogP contribution < -0.4 is 5.32 Å². The van der Waals surface area contributed by atoms with Crippen molar-refractivity contribution in [3.8, 4) is 16.9 Å². The monoisotopic (exact) mass is 485 g/mol. The van der Waals surface area contributed by atoms with Crippen molar-refractivity contribution in [3.05, 3.63) is 95.0 Å². The highest BCUT2D eigenvalue weighted by molar-refractivity contribution is 6.32. The van der Waals surface area contributed by atoms with E-state index in [1.54, 1.807) is 4.68 Å². The Hall–Kier alpha value is -3.94. The average Bonchev–Trinajstić information content (AvgIpc) is 3.45. The zero-order valence-corrected chi connectivity index (χ0v) is 19.2. The molecule has 6 rings (SSSR count). The molecule has 0 aliphatic heterocycles. The Kier molecular flexibility index (Phi) is 5.13. The lowest BCUT2D eigenvalue weighted by atomic mass is 10.1. The normalized spacial score (nSPS) is 11.4. The molecule has 2 N–H and O–H groups in total. The van der Waals surface area contributed by atoms with Crippen molar-refractivity contribution in [2.24, 2.45) is 0 Å². The Morgan fingerprint density at radius 1 is 0.853 bits per heavy atom. The highest BCUT2D eigenvalue weighted by atomic mass is 35.5. The minimum atomic E-state index is 0.454. The lowest BCUT2D eigenvalue weighted by Gasteiger charge is -2.09. The molecule has 0 saturated carbocycles. The predicted molar refractivity (Wildman–Crippen MR) is 136 cm³/mol. The zero-order valence-electron chi connectivity index (χ0n) is 17.7. The largest absolute Gasteiger partial charge is 0.361 e. The summed E-state index contributed by atoms with van der Waals surface area (Å²) in [6, 6.07) is 23.0. The number of aromatic amines is 1. The van der Waals surface area contributed by atoms with E-state index in [0.29, 0.717) is 33.4 Å². The van der Waals surface area contributed by atoms with E-state index in [4.69, 9.17) is 28.3 Å². The summed E-state index contributed by atoms with van der Waals surface area (Å²) in [6.07, 6.45) is 1.53. The topological polar surface area (TPSA) is 84.3 Å². The molecule has 0 bridgehead atoms. The summed E-state index contributed by atoms with van der Waals surface area (Å²) >= 11 is 12.7. The molecule has 0 aliphatic rings. The first-order valence-electron chi connectivity index (χ1n) is 10.6. The van der Waals surface area contributed by atoms with Crippen molar-refractivity contribution >= 4 is 51.1 Å². The van der Waals surface area contributed by atoms with Crippen LogP contribution >= 0.6 is 23.2 Å². The minimum Gasteiger partial charge on any atom is -0.361 e. The minimum absolute atomic E-state index is 0.454. The highest BCUT2D eigenvalue weighted by Gasteiger charge is 2.20. The molecular formula is C25H17Cl2N7. The number of anilines is 1. The second-order valence-corrected chi connectivity index (χ2v) is 8.54. The summed E-state index contributed by atoms with van der Waals surface area (Å²) in [6.45, 7) is 0.454. The summed E-state index contributed by atoms with van der Waals surface area (Å²) < 4.78 is 1.80. The fourth-order valence-corrected chi connectivity index (χ4v) is 4.29. The molecule has 0 atom stereocenters. The number of aromatic nitrogens is 6. The van der Waals surface area contributed by atoms with Crippen molar-refractivity contribution in [3.63, 3.8) is 0 Å². The molecule has 0 fully saturated rings. The van der Waals surface area contributed by atoms with Gasteiger partial charge in [-0.25, -0.2) is 19.6 Å². The molecule has 0 saturated heterocycles. The average molecular weight is 486 g/mol. The van der Waals surface area contributed by atoms with Crippen molar-refractivity contribution in [2.45, 2.75) is 6.54 Å². The first kappa shape index (κ1) is 20.7. The molecule has 0 spiro atoms. The summed E-state index contributed by atoms with van der Waals surface area (Å²) in [5.41, 5.74) is 5.69. The summed E-state index contributed by atoms with van der Waals surface area (Å²) in [5.74, 6) is 1.41. The number of nitrogens with one attached hydrogen (secondary N) is 2. The summed E-state index contributed by atoms with van der Waals surface area (Å²) in [5, 5.41) is 9.47. The number of rotatable bonds is 5. The molecule has 0 aliphatic carbocycles. The third kappa shape index (κ3) is 3.65. The Morgan fingerprint density at radius 3 is 2.47 bits per heavy atom. The number of H-pyrrole nitrogens is 1.